The molecule has 0 N–H and O–H groups in total. The molecule has 4 nitrogen and oxygen atoms in total. The minimum Gasteiger partial charge on any atom is -0.302 e. The first-order valence-corrected chi connectivity index (χ1v) is 9.77. The lowest BCUT2D eigenvalue weighted by molar-refractivity contribution is 0.195. The summed E-state index contributed by atoms with van der Waals surface area (Å²) in [6.45, 7) is 6.32. The van der Waals surface area contributed by atoms with Crippen molar-refractivity contribution in [2.45, 2.75) is 49.2 Å². The minimum atomic E-state index is -3.33. The summed E-state index contributed by atoms with van der Waals surface area (Å²) >= 11 is 0. The van der Waals surface area contributed by atoms with Gasteiger partial charge in [-0.15, -0.1) is 0 Å². The standard InChI is InChI=1S/C18H26N2O2S/c1-18(2,23(21,22)17-9-4-3-5-10-17)11-7-13-20-12-6-8-16(14-19)15-20/h3-5,9-10,16H,6-8,11-13,15H2,1-2H3. The average Bonchev–Trinajstić information content (AvgIpc) is 2.55. The zero-order chi connectivity index (χ0) is 16.9. The van der Waals surface area contributed by atoms with Crippen molar-refractivity contribution < 1.29 is 8.42 Å². The SMILES string of the molecule is CC(C)(CCCN1CCCC(C#N)C1)S(=O)(=O)c1ccccc1. The summed E-state index contributed by atoms with van der Waals surface area (Å²) < 4.78 is 24.8. The number of hydrogen-bond donors (Lipinski definition) is 0. The van der Waals surface area contributed by atoms with Crippen molar-refractivity contribution in [3.05, 3.63) is 30.3 Å². The van der Waals surface area contributed by atoms with E-state index in [0.29, 0.717) is 11.3 Å². The molecule has 1 saturated heterocycles. The van der Waals surface area contributed by atoms with Crippen molar-refractivity contribution in [2.24, 2.45) is 5.92 Å². The molecule has 0 bridgehead atoms. The third kappa shape index (κ3) is 4.33. The molecule has 23 heavy (non-hydrogen) atoms. The van der Waals surface area contributed by atoms with E-state index in [9.17, 15) is 8.42 Å². The smallest absolute Gasteiger partial charge is 0.183 e. The van der Waals surface area contributed by atoms with E-state index < -0.39 is 14.6 Å². The molecular formula is C18H26N2O2S. The number of hydrogen-bond acceptors (Lipinski definition) is 4. The molecule has 2 rings (SSSR count). The highest BCUT2D eigenvalue weighted by Crippen LogP contribution is 2.29. The van der Waals surface area contributed by atoms with Crippen LogP contribution in [0.3, 0.4) is 0 Å². The van der Waals surface area contributed by atoms with E-state index >= 15 is 0 Å². The molecule has 0 aliphatic carbocycles. The molecule has 1 aromatic carbocycles. The fraction of sp³-hybridized carbons (Fsp3) is 0.611. The van der Waals surface area contributed by atoms with E-state index in [1.807, 2.05) is 19.9 Å². The molecule has 0 aromatic heterocycles. The third-order valence-corrected chi connectivity index (χ3v) is 7.27. The third-order valence-electron chi connectivity index (χ3n) is 4.72. The lowest BCUT2D eigenvalue weighted by atomic mass is 9.99. The molecule has 0 spiro atoms. The molecule has 1 aliphatic heterocycles. The van der Waals surface area contributed by atoms with E-state index in [-0.39, 0.29) is 5.92 Å². The Morgan fingerprint density at radius 3 is 2.65 bits per heavy atom. The molecule has 0 amide bonds. The Bertz CT molecular complexity index is 647. The lowest BCUT2D eigenvalue weighted by Crippen LogP contribution is -2.37. The zero-order valence-corrected chi connectivity index (χ0v) is 14.8. The molecule has 1 fully saturated rings. The predicted octanol–water partition coefficient (Wildman–Crippen LogP) is 3.25. The Morgan fingerprint density at radius 2 is 2.00 bits per heavy atom. The monoisotopic (exact) mass is 334 g/mol. The van der Waals surface area contributed by atoms with Crippen LogP contribution in [0.25, 0.3) is 0 Å². The average molecular weight is 334 g/mol. The Labute approximate surface area is 140 Å². The topological polar surface area (TPSA) is 61.2 Å². The lowest BCUT2D eigenvalue weighted by Gasteiger charge is -2.31. The summed E-state index contributed by atoms with van der Waals surface area (Å²) in [5.41, 5.74) is 0. The van der Waals surface area contributed by atoms with Crippen LogP contribution in [0, 0.1) is 17.2 Å². The van der Waals surface area contributed by atoms with Crippen molar-refractivity contribution in [3.8, 4) is 6.07 Å². The zero-order valence-electron chi connectivity index (χ0n) is 14.0. The van der Waals surface area contributed by atoms with E-state index in [4.69, 9.17) is 5.26 Å². The maximum atomic E-state index is 12.8. The quantitative estimate of drug-likeness (QED) is 0.801. The van der Waals surface area contributed by atoms with Crippen molar-refractivity contribution >= 4 is 9.84 Å². The van der Waals surface area contributed by atoms with Gasteiger partial charge in [-0.25, -0.2) is 8.42 Å². The first-order valence-electron chi connectivity index (χ1n) is 8.28. The van der Waals surface area contributed by atoms with Crippen LogP contribution < -0.4 is 0 Å². The summed E-state index contributed by atoms with van der Waals surface area (Å²) in [4.78, 5) is 2.69. The van der Waals surface area contributed by atoms with Gasteiger partial charge < -0.3 is 4.90 Å². The first kappa shape index (κ1) is 18.0. The number of nitriles is 1. The Morgan fingerprint density at radius 1 is 1.30 bits per heavy atom. The summed E-state index contributed by atoms with van der Waals surface area (Å²) in [5.74, 6) is 0.129. The van der Waals surface area contributed by atoms with E-state index in [2.05, 4.69) is 11.0 Å². The fourth-order valence-electron chi connectivity index (χ4n) is 3.15. The number of sulfone groups is 1. The van der Waals surface area contributed by atoms with Crippen molar-refractivity contribution in [2.75, 3.05) is 19.6 Å². The van der Waals surface area contributed by atoms with Gasteiger partial charge in [0.05, 0.1) is 21.6 Å². The van der Waals surface area contributed by atoms with Crippen molar-refractivity contribution in [1.29, 1.82) is 5.26 Å². The van der Waals surface area contributed by atoms with Gasteiger partial charge in [0, 0.05) is 6.54 Å². The van der Waals surface area contributed by atoms with Crippen LogP contribution in [0.4, 0.5) is 0 Å². The number of rotatable bonds is 6. The predicted molar refractivity (Wildman–Crippen MR) is 91.7 cm³/mol. The highest BCUT2D eigenvalue weighted by molar-refractivity contribution is 7.92. The Kier molecular flexibility index (Phi) is 5.83. The summed E-state index contributed by atoms with van der Waals surface area (Å²) in [6.07, 6.45) is 3.50. The molecule has 5 heteroatoms. The molecule has 126 valence electrons. The normalized spacial score (nSPS) is 20.1. The number of piperidine rings is 1. The van der Waals surface area contributed by atoms with Gasteiger partial charge in [0.2, 0.25) is 0 Å². The second kappa shape index (κ2) is 7.46. The molecule has 0 radical (unpaired) electrons. The van der Waals surface area contributed by atoms with Crippen LogP contribution >= 0.6 is 0 Å². The second-order valence-electron chi connectivity index (χ2n) is 6.95. The van der Waals surface area contributed by atoms with Gasteiger partial charge in [0.1, 0.15) is 0 Å². The first-order chi connectivity index (χ1) is 10.9. The molecule has 1 unspecified atom stereocenters. The Hall–Kier alpha value is -1.38. The van der Waals surface area contributed by atoms with Gasteiger partial charge in [-0.3, -0.25) is 0 Å². The summed E-state index contributed by atoms with van der Waals surface area (Å²) in [7, 11) is -3.33. The maximum Gasteiger partial charge on any atom is 0.183 e. The molecule has 1 aliphatic rings. The van der Waals surface area contributed by atoms with Crippen LogP contribution in [-0.4, -0.2) is 37.7 Å². The minimum absolute atomic E-state index is 0.129. The van der Waals surface area contributed by atoms with Crippen molar-refractivity contribution in [3.63, 3.8) is 0 Å². The fourth-order valence-corrected chi connectivity index (χ4v) is 4.71. The van der Waals surface area contributed by atoms with Gasteiger partial charge in [0.25, 0.3) is 0 Å². The maximum absolute atomic E-state index is 12.8. The van der Waals surface area contributed by atoms with Crippen LogP contribution in [0.5, 0.6) is 0 Å². The van der Waals surface area contributed by atoms with Crippen LogP contribution in [0.15, 0.2) is 35.2 Å². The summed E-state index contributed by atoms with van der Waals surface area (Å²) in [5, 5.41) is 9.04. The van der Waals surface area contributed by atoms with Gasteiger partial charge in [-0.05, 0) is 64.8 Å². The highest BCUT2D eigenvalue weighted by atomic mass is 32.2. The van der Waals surface area contributed by atoms with E-state index in [1.54, 1.807) is 24.3 Å². The van der Waals surface area contributed by atoms with Gasteiger partial charge in [-0.1, -0.05) is 18.2 Å². The molecule has 1 atom stereocenters. The van der Waals surface area contributed by atoms with Crippen LogP contribution in [0.1, 0.15) is 39.5 Å². The Balaban J connectivity index is 1.93. The number of likely N-dealkylation sites (tertiary alicyclic amines) is 1. The van der Waals surface area contributed by atoms with E-state index in [1.165, 1.54) is 0 Å². The molecular weight excluding hydrogens is 308 g/mol. The highest BCUT2D eigenvalue weighted by Gasteiger charge is 2.35. The molecule has 1 heterocycles. The van der Waals surface area contributed by atoms with E-state index in [0.717, 1.165) is 38.9 Å². The van der Waals surface area contributed by atoms with Gasteiger partial charge in [-0.2, -0.15) is 5.26 Å². The van der Waals surface area contributed by atoms with Crippen LogP contribution in [0.2, 0.25) is 0 Å². The van der Waals surface area contributed by atoms with Gasteiger partial charge >= 0.3 is 0 Å². The second-order valence-corrected chi connectivity index (χ2v) is 9.53. The number of benzene rings is 1. The van der Waals surface area contributed by atoms with Gasteiger partial charge in [0.15, 0.2) is 9.84 Å². The largest absolute Gasteiger partial charge is 0.302 e. The summed E-state index contributed by atoms with van der Waals surface area (Å²) in [6, 6.07) is 11.0. The van der Waals surface area contributed by atoms with Crippen molar-refractivity contribution in [1.82, 2.24) is 4.90 Å². The molecule has 1 aromatic rings. The molecule has 0 saturated carbocycles. The number of nitrogens with zero attached hydrogens (tertiary/aromatic N) is 2. The van der Waals surface area contributed by atoms with Crippen LogP contribution in [-0.2, 0) is 9.84 Å².